The third-order valence-electron chi connectivity index (χ3n) is 5.29. The van der Waals surface area contributed by atoms with Gasteiger partial charge in [0.15, 0.2) is 0 Å². The van der Waals surface area contributed by atoms with E-state index in [0.717, 1.165) is 51.3 Å². The Bertz CT molecular complexity index is 652. The number of thiazole rings is 1. The molecule has 2 atom stereocenters. The third kappa shape index (κ3) is 4.08. The zero-order valence-electron chi connectivity index (χ0n) is 14.5. The summed E-state index contributed by atoms with van der Waals surface area (Å²) in [6.45, 7) is 5.31. The molecule has 0 aromatic carbocycles. The molecule has 2 saturated heterocycles. The fourth-order valence-corrected chi connectivity index (χ4v) is 4.76. The Morgan fingerprint density at radius 1 is 1.40 bits per heavy atom. The van der Waals surface area contributed by atoms with Gasteiger partial charge in [0.2, 0.25) is 0 Å². The second-order valence-corrected chi connectivity index (χ2v) is 8.08. The molecule has 6 heteroatoms. The first-order valence-electron chi connectivity index (χ1n) is 9.03. The molecule has 0 radical (unpaired) electrons. The van der Waals surface area contributed by atoms with Crippen molar-refractivity contribution in [1.82, 2.24) is 14.9 Å². The summed E-state index contributed by atoms with van der Waals surface area (Å²) in [5.74, 6) is 0. The number of aromatic nitrogens is 2. The zero-order chi connectivity index (χ0) is 17.0. The van der Waals surface area contributed by atoms with Gasteiger partial charge in [-0.05, 0) is 30.9 Å². The summed E-state index contributed by atoms with van der Waals surface area (Å²) in [7, 11) is 0. The van der Waals surface area contributed by atoms with Crippen molar-refractivity contribution in [2.24, 2.45) is 5.41 Å². The maximum Gasteiger partial charge on any atom is 0.107 e. The molecule has 5 nitrogen and oxygen atoms in total. The average Bonchev–Trinajstić information content (AvgIpc) is 3.15. The van der Waals surface area contributed by atoms with Gasteiger partial charge in [0.1, 0.15) is 5.01 Å². The number of hydrogen-bond acceptors (Lipinski definition) is 6. The van der Waals surface area contributed by atoms with Crippen molar-refractivity contribution in [1.29, 1.82) is 0 Å². The summed E-state index contributed by atoms with van der Waals surface area (Å²) < 4.78 is 12.3. The van der Waals surface area contributed by atoms with E-state index < -0.39 is 0 Å². The summed E-state index contributed by atoms with van der Waals surface area (Å²) in [5.41, 5.74) is 1.23. The fourth-order valence-electron chi connectivity index (χ4n) is 4.11. The van der Waals surface area contributed by atoms with E-state index in [0.29, 0.717) is 12.7 Å². The van der Waals surface area contributed by atoms with Gasteiger partial charge in [-0.3, -0.25) is 9.88 Å². The fraction of sp³-hybridized carbons (Fsp3) is 0.579. The summed E-state index contributed by atoms with van der Waals surface area (Å²) in [4.78, 5) is 11.1. The molecule has 2 aliphatic rings. The number of rotatable bonds is 6. The molecule has 2 aliphatic heterocycles. The molecule has 134 valence electrons. The molecule has 0 spiro atoms. The molecule has 2 unspecified atom stereocenters. The molecule has 0 amide bonds. The standard InChI is InChI=1S/C19H25N3O2S/c1-3-16(11-20-6-1)13-23-15-19-5-2-9-24-17(19)4-8-22(14-19)12-18-21-7-10-25-18/h1,3,6-7,10-11,17H,2,4-5,8-9,12-15H2. The Kier molecular flexibility index (Phi) is 5.41. The van der Waals surface area contributed by atoms with Crippen LogP contribution in [0.4, 0.5) is 0 Å². The first kappa shape index (κ1) is 17.1. The highest BCUT2D eigenvalue weighted by atomic mass is 32.1. The predicted octanol–water partition coefficient (Wildman–Crippen LogP) is 3.13. The Labute approximate surface area is 153 Å². The maximum absolute atomic E-state index is 6.14. The highest BCUT2D eigenvalue weighted by Gasteiger charge is 2.46. The lowest BCUT2D eigenvalue weighted by atomic mass is 9.73. The topological polar surface area (TPSA) is 47.5 Å². The molecule has 0 aliphatic carbocycles. The number of nitrogens with zero attached hydrogens (tertiary/aromatic N) is 3. The number of hydrogen-bond donors (Lipinski definition) is 0. The van der Waals surface area contributed by atoms with Gasteiger partial charge in [0, 0.05) is 49.1 Å². The SMILES string of the molecule is c1cncc(COCC23CCCOC2CCN(Cc2nccs2)C3)c1. The van der Waals surface area contributed by atoms with Crippen molar-refractivity contribution in [3.8, 4) is 0 Å². The largest absolute Gasteiger partial charge is 0.377 e. The van der Waals surface area contributed by atoms with E-state index in [1.54, 1.807) is 17.5 Å². The smallest absolute Gasteiger partial charge is 0.107 e. The average molecular weight is 359 g/mol. The quantitative estimate of drug-likeness (QED) is 0.793. The van der Waals surface area contributed by atoms with E-state index in [1.165, 1.54) is 11.4 Å². The lowest BCUT2D eigenvalue weighted by molar-refractivity contribution is -0.155. The molecule has 25 heavy (non-hydrogen) atoms. The van der Waals surface area contributed by atoms with E-state index in [-0.39, 0.29) is 5.41 Å². The van der Waals surface area contributed by atoms with Crippen LogP contribution >= 0.6 is 11.3 Å². The molecule has 2 aromatic rings. The normalized spacial score (nSPS) is 27.1. The van der Waals surface area contributed by atoms with Crippen LogP contribution in [-0.4, -0.2) is 47.3 Å². The van der Waals surface area contributed by atoms with Gasteiger partial charge in [-0.25, -0.2) is 4.98 Å². The molecule has 4 rings (SSSR count). The Balaban J connectivity index is 1.40. The molecule has 4 heterocycles. The predicted molar refractivity (Wildman–Crippen MR) is 97.3 cm³/mol. The van der Waals surface area contributed by atoms with Crippen molar-refractivity contribution in [3.05, 3.63) is 46.7 Å². The van der Waals surface area contributed by atoms with Crippen molar-refractivity contribution in [2.45, 2.75) is 38.5 Å². The van der Waals surface area contributed by atoms with Crippen molar-refractivity contribution in [3.63, 3.8) is 0 Å². The minimum atomic E-state index is 0.107. The minimum absolute atomic E-state index is 0.107. The summed E-state index contributed by atoms with van der Waals surface area (Å²) in [6.07, 6.45) is 9.28. The van der Waals surface area contributed by atoms with Gasteiger partial charge in [-0.2, -0.15) is 0 Å². The Morgan fingerprint density at radius 2 is 2.40 bits per heavy atom. The van der Waals surface area contributed by atoms with Crippen LogP contribution in [0.15, 0.2) is 36.1 Å². The lowest BCUT2D eigenvalue weighted by Gasteiger charge is -2.50. The lowest BCUT2D eigenvalue weighted by Crippen LogP contribution is -2.56. The van der Waals surface area contributed by atoms with Crippen molar-refractivity contribution < 1.29 is 9.47 Å². The second kappa shape index (κ2) is 7.91. The van der Waals surface area contributed by atoms with E-state index >= 15 is 0 Å². The third-order valence-corrected chi connectivity index (χ3v) is 6.05. The van der Waals surface area contributed by atoms with Crippen LogP contribution < -0.4 is 0 Å². The molecule has 0 bridgehead atoms. The van der Waals surface area contributed by atoms with E-state index in [4.69, 9.17) is 9.47 Å². The number of ether oxygens (including phenoxy) is 2. The van der Waals surface area contributed by atoms with Crippen LogP contribution in [0.3, 0.4) is 0 Å². The molecular formula is C19H25N3O2S. The van der Waals surface area contributed by atoms with Gasteiger partial charge in [-0.1, -0.05) is 6.07 Å². The number of piperidine rings is 1. The van der Waals surface area contributed by atoms with Crippen molar-refractivity contribution in [2.75, 3.05) is 26.3 Å². The minimum Gasteiger partial charge on any atom is -0.377 e. The molecule has 2 fully saturated rings. The maximum atomic E-state index is 6.14. The Hall–Kier alpha value is -1.34. The Morgan fingerprint density at radius 3 is 3.24 bits per heavy atom. The van der Waals surface area contributed by atoms with Gasteiger partial charge in [0.05, 0.1) is 25.9 Å². The van der Waals surface area contributed by atoms with E-state index in [2.05, 4.69) is 26.3 Å². The number of fused-ring (bicyclic) bond motifs is 1. The van der Waals surface area contributed by atoms with Gasteiger partial charge >= 0.3 is 0 Å². The van der Waals surface area contributed by atoms with Crippen LogP contribution in [-0.2, 0) is 22.6 Å². The van der Waals surface area contributed by atoms with Crippen LogP contribution in [0, 0.1) is 5.41 Å². The van der Waals surface area contributed by atoms with Crippen LogP contribution in [0.2, 0.25) is 0 Å². The zero-order valence-corrected chi connectivity index (χ0v) is 15.3. The van der Waals surface area contributed by atoms with Crippen LogP contribution in [0.5, 0.6) is 0 Å². The number of likely N-dealkylation sites (tertiary alicyclic amines) is 1. The highest BCUT2D eigenvalue weighted by Crippen LogP contribution is 2.41. The first-order chi connectivity index (χ1) is 12.3. The van der Waals surface area contributed by atoms with Gasteiger partial charge < -0.3 is 9.47 Å². The molecule has 2 aromatic heterocycles. The second-order valence-electron chi connectivity index (χ2n) is 7.10. The van der Waals surface area contributed by atoms with E-state index in [9.17, 15) is 0 Å². The molecular weight excluding hydrogens is 334 g/mol. The highest BCUT2D eigenvalue weighted by molar-refractivity contribution is 7.09. The van der Waals surface area contributed by atoms with E-state index in [1.807, 2.05) is 18.5 Å². The monoisotopic (exact) mass is 359 g/mol. The summed E-state index contributed by atoms with van der Waals surface area (Å²) >= 11 is 1.74. The van der Waals surface area contributed by atoms with Gasteiger partial charge in [0.25, 0.3) is 0 Å². The number of pyridine rings is 1. The van der Waals surface area contributed by atoms with Gasteiger partial charge in [-0.15, -0.1) is 11.3 Å². The van der Waals surface area contributed by atoms with Crippen molar-refractivity contribution >= 4 is 11.3 Å². The first-order valence-corrected chi connectivity index (χ1v) is 9.91. The summed E-state index contributed by atoms with van der Waals surface area (Å²) in [5, 5.41) is 3.25. The molecule has 0 N–H and O–H groups in total. The molecule has 0 saturated carbocycles. The summed E-state index contributed by atoms with van der Waals surface area (Å²) in [6, 6.07) is 4.02. The van der Waals surface area contributed by atoms with Crippen LogP contribution in [0.25, 0.3) is 0 Å². The van der Waals surface area contributed by atoms with Crippen LogP contribution in [0.1, 0.15) is 29.8 Å².